The molecule has 0 saturated heterocycles. The number of ether oxygens (including phenoxy) is 1. The number of benzene rings is 2. The topological polar surface area (TPSA) is 116 Å². The molecule has 3 rings (SSSR count). The highest BCUT2D eigenvalue weighted by molar-refractivity contribution is 6.05. The number of esters is 1. The lowest BCUT2D eigenvalue weighted by molar-refractivity contribution is -0.384. The number of nitrogens with zero attached hydrogens (tertiary/aromatic N) is 3. The molecule has 0 radical (unpaired) electrons. The highest BCUT2D eigenvalue weighted by Crippen LogP contribution is 2.21. The molecule has 9 heteroatoms. The zero-order valence-corrected chi connectivity index (χ0v) is 16.0. The van der Waals surface area contributed by atoms with Crippen molar-refractivity contribution in [1.82, 2.24) is 9.78 Å². The van der Waals surface area contributed by atoms with Gasteiger partial charge in [0.2, 0.25) is 5.91 Å². The number of aromatic nitrogens is 2. The zero-order chi connectivity index (χ0) is 21.5. The Morgan fingerprint density at radius 1 is 1.20 bits per heavy atom. The summed E-state index contributed by atoms with van der Waals surface area (Å²) >= 11 is 0. The van der Waals surface area contributed by atoms with Crippen molar-refractivity contribution in [3.8, 4) is 5.69 Å². The van der Waals surface area contributed by atoms with Crippen molar-refractivity contribution < 1.29 is 19.2 Å². The van der Waals surface area contributed by atoms with Gasteiger partial charge < -0.3 is 10.1 Å². The Bertz CT molecular complexity index is 1110. The van der Waals surface area contributed by atoms with Crippen LogP contribution in [-0.4, -0.2) is 33.2 Å². The van der Waals surface area contributed by atoms with Gasteiger partial charge in [0.1, 0.15) is 5.56 Å². The molecular formula is C21H18N4O5. The van der Waals surface area contributed by atoms with Crippen LogP contribution in [0.5, 0.6) is 0 Å². The number of carbonyl (C=O) groups excluding carboxylic acids is 2. The van der Waals surface area contributed by atoms with E-state index < -0.39 is 16.8 Å². The fourth-order valence-corrected chi connectivity index (χ4v) is 2.66. The summed E-state index contributed by atoms with van der Waals surface area (Å²) in [4.78, 5) is 35.1. The molecule has 2 aromatic carbocycles. The summed E-state index contributed by atoms with van der Waals surface area (Å²) in [7, 11) is 0. The summed E-state index contributed by atoms with van der Waals surface area (Å²) in [5, 5.41) is 17.7. The molecule has 1 aromatic heterocycles. The highest BCUT2D eigenvalue weighted by Gasteiger charge is 2.20. The van der Waals surface area contributed by atoms with E-state index in [1.54, 1.807) is 37.3 Å². The van der Waals surface area contributed by atoms with Crippen LogP contribution in [0.3, 0.4) is 0 Å². The van der Waals surface area contributed by atoms with Gasteiger partial charge in [-0.3, -0.25) is 14.9 Å². The number of hydrogen-bond donors (Lipinski definition) is 1. The largest absolute Gasteiger partial charge is 0.462 e. The molecule has 1 amide bonds. The Morgan fingerprint density at radius 2 is 1.97 bits per heavy atom. The summed E-state index contributed by atoms with van der Waals surface area (Å²) in [5.74, 6) is -0.990. The maximum absolute atomic E-state index is 12.5. The maximum Gasteiger partial charge on any atom is 0.343 e. The number of non-ortho nitro benzene ring substituents is 1. The minimum Gasteiger partial charge on any atom is -0.462 e. The molecule has 9 nitrogen and oxygen atoms in total. The third-order valence-electron chi connectivity index (χ3n) is 4.02. The van der Waals surface area contributed by atoms with Crippen molar-refractivity contribution in [1.29, 1.82) is 0 Å². The molecule has 0 saturated carbocycles. The number of nitrogens with one attached hydrogen (secondary N) is 1. The Hall–Kier alpha value is -4.27. The molecule has 0 aliphatic carbocycles. The number of nitro groups is 1. The first-order chi connectivity index (χ1) is 14.5. The zero-order valence-electron chi connectivity index (χ0n) is 16.0. The lowest BCUT2D eigenvalue weighted by Crippen LogP contribution is -2.16. The van der Waals surface area contributed by atoms with Gasteiger partial charge in [-0.05, 0) is 30.7 Å². The van der Waals surface area contributed by atoms with Crippen molar-refractivity contribution in [2.75, 3.05) is 11.9 Å². The number of amides is 1. The molecule has 0 atom stereocenters. The quantitative estimate of drug-likeness (QED) is 0.277. The number of anilines is 1. The Labute approximate surface area is 171 Å². The summed E-state index contributed by atoms with van der Waals surface area (Å²) in [5.41, 5.74) is 1.16. The van der Waals surface area contributed by atoms with Gasteiger partial charge in [0.05, 0.1) is 23.4 Å². The summed E-state index contributed by atoms with van der Waals surface area (Å²) in [6.45, 7) is 1.86. The van der Waals surface area contributed by atoms with Gasteiger partial charge in [-0.1, -0.05) is 30.3 Å². The van der Waals surface area contributed by atoms with Gasteiger partial charge in [-0.15, -0.1) is 0 Å². The Balaban J connectivity index is 1.88. The van der Waals surface area contributed by atoms with Gasteiger partial charge in [0.15, 0.2) is 5.82 Å². The molecule has 1 N–H and O–H groups in total. The van der Waals surface area contributed by atoms with Crippen molar-refractivity contribution in [2.45, 2.75) is 6.92 Å². The third-order valence-corrected chi connectivity index (χ3v) is 4.02. The van der Waals surface area contributed by atoms with Gasteiger partial charge in [0, 0.05) is 18.2 Å². The lowest BCUT2D eigenvalue weighted by atomic mass is 10.2. The monoisotopic (exact) mass is 406 g/mol. The average molecular weight is 406 g/mol. The Morgan fingerprint density at radius 3 is 2.67 bits per heavy atom. The first kappa shape index (κ1) is 20.5. The van der Waals surface area contributed by atoms with E-state index in [4.69, 9.17) is 4.74 Å². The minimum atomic E-state index is -0.613. The van der Waals surface area contributed by atoms with Crippen LogP contribution in [0, 0.1) is 10.1 Å². The average Bonchev–Trinajstić information content (AvgIpc) is 3.16. The molecule has 0 fully saturated rings. The molecule has 3 aromatic rings. The van der Waals surface area contributed by atoms with Crippen molar-refractivity contribution >= 4 is 29.5 Å². The number of hydrogen-bond acceptors (Lipinski definition) is 6. The van der Waals surface area contributed by atoms with E-state index in [-0.39, 0.29) is 23.7 Å². The highest BCUT2D eigenvalue weighted by atomic mass is 16.6. The fraction of sp³-hybridized carbons (Fsp3) is 0.0952. The molecule has 0 spiro atoms. The van der Waals surface area contributed by atoms with Crippen LogP contribution >= 0.6 is 0 Å². The number of nitro benzene ring substituents is 1. The normalized spacial score (nSPS) is 10.7. The van der Waals surface area contributed by atoms with Crippen molar-refractivity contribution in [3.05, 3.63) is 88.1 Å². The molecule has 1 heterocycles. The van der Waals surface area contributed by atoms with E-state index >= 15 is 0 Å². The second-order valence-electron chi connectivity index (χ2n) is 6.05. The third kappa shape index (κ3) is 4.76. The molecule has 152 valence electrons. The maximum atomic E-state index is 12.5. The van der Waals surface area contributed by atoms with E-state index in [1.807, 2.05) is 6.07 Å². The van der Waals surface area contributed by atoms with E-state index in [2.05, 4.69) is 10.4 Å². The first-order valence-corrected chi connectivity index (χ1v) is 9.03. The SMILES string of the molecule is CCOC(=O)c1cnn(-c2ccccc2)c1NC(=O)C=Cc1cccc([N+](=O)[O-])c1. The van der Waals surface area contributed by atoms with Crippen LogP contribution in [0.4, 0.5) is 11.5 Å². The summed E-state index contributed by atoms with van der Waals surface area (Å²) in [6, 6.07) is 14.9. The molecule has 0 bridgehead atoms. The lowest BCUT2D eigenvalue weighted by Gasteiger charge is -2.09. The number of para-hydroxylation sites is 1. The van der Waals surface area contributed by atoms with Gasteiger partial charge in [-0.25, -0.2) is 9.48 Å². The smallest absolute Gasteiger partial charge is 0.343 e. The predicted octanol–water partition coefficient (Wildman–Crippen LogP) is 3.61. The van der Waals surface area contributed by atoms with Crippen LogP contribution in [0.1, 0.15) is 22.8 Å². The van der Waals surface area contributed by atoms with E-state index in [1.165, 1.54) is 41.2 Å². The van der Waals surface area contributed by atoms with Crippen LogP contribution in [0.15, 0.2) is 66.9 Å². The standard InChI is InChI=1S/C21H18N4O5/c1-2-30-21(27)18-14-22-24(16-8-4-3-5-9-16)20(18)23-19(26)12-11-15-7-6-10-17(13-15)25(28)29/h3-14H,2H2,1H3,(H,23,26). The summed E-state index contributed by atoms with van der Waals surface area (Å²) < 4.78 is 6.46. The van der Waals surface area contributed by atoms with E-state index in [0.717, 1.165) is 0 Å². The van der Waals surface area contributed by atoms with Crippen LogP contribution in [-0.2, 0) is 9.53 Å². The Kier molecular flexibility index (Phi) is 6.33. The van der Waals surface area contributed by atoms with Gasteiger partial charge >= 0.3 is 5.97 Å². The second-order valence-corrected chi connectivity index (χ2v) is 6.05. The number of carbonyl (C=O) groups is 2. The molecule has 0 aliphatic heterocycles. The van der Waals surface area contributed by atoms with Gasteiger partial charge in [-0.2, -0.15) is 5.10 Å². The number of rotatable bonds is 7. The predicted molar refractivity (Wildman–Crippen MR) is 110 cm³/mol. The molecule has 30 heavy (non-hydrogen) atoms. The second kappa shape index (κ2) is 9.28. The van der Waals surface area contributed by atoms with Crippen molar-refractivity contribution in [2.24, 2.45) is 0 Å². The minimum absolute atomic E-state index is 0.0793. The molecular weight excluding hydrogens is 388 g/mol. The van der Waals surface area contributed by atoms with Crippen LogP contribution < -0.4 is 5.32 Å². The van der Waals surface area contributed by atoms with E-state index in [9.17, 15) is 19.7 Å². The fourth-order valence-electron chi connectivity index (χ4n) is 2.66. The van der Waals surface area contributed by atoms with Gasteiger partial charge in [0.25, 0.3) is 5.69 Å². The molecule has 0 aliphatic rings. The van der Waals surface area contributed by atoms with E-state index in [0.29, 0.717) is 11.3 Å². The summed E-state index contributed by atoms with van der Waals surface area (Å²) in [6.07, 6.45) is 3.98. The van der Waals surface area contributed by atoms with Crippen molar-refractivity contribution in [3.63, 3.8) is 0 Å². The van der Waals surface area contributed by atoms with Crippen LogP contribution in [0.25, 0.3) is 11.8 Å². The first-order valence-electron chi connectivity index (χ1n) is 9.03. The molecule has 0 unspecified atom stereocenters. The van der Waals surface area contributed by atoms with Crippen LogP contribution in [0.2, 0.25) is 0 Å².